The van der Waals surface area contributed by atoms with Gasteiger partial charge >= 0.3 is 0 Å². The van der Waals surface area contributed by atoms with Crippen LogP contribution in [0.4, 0.5) is 0 Å². The Hall–Kier alpha value is -0.610. The Balaban J connectivity index is 1.85. The van der Waals surface area contributed by atoms with E-state index in [-0.39, 0.29) is 5.91 Å². The zero-order valence-electron chi connectivity index (χ0n) is 10.7. The number of ether oxygens (including phenoxy) is 1. The number of hydrogen-bond acceptors (Lipinski definition) is 3. The normalized spacial score (nSPS) is 16.3. The number of nitrogens with one attached hydrogen (secondary N) is 1. The molecule has 3 N–H and O–H groups in total. The van der Waals surface area contributed by atoms with Crippen molar-refractivity contribution in [1.29, 1.82) is 0 Å². The zero-order chi connectivity index (χ0) is 12.3. The zero-order valence-corrected chi connectivity index (χ0v) is 10.7. The molecule has 0 spiro atoms. The number of amides is 1. The lowest BCUT2D eigenvalue weighted by Crippen LogP contribution is -2.28. The van der Waals surface area contributed by atoms with E-state index in [4.69, 9.17) is 10.5 Å². The van der Waals surface area contributed by atoms with Gasteiger partial charge in [0.2, 0.25) is 5.91 Å². The fourth-order valence-corrected chi connectivity index (χ4v) is 2.17. The van der Waals surface area contributed by atoms with Crippen LogP contribution in [0, 0.1) is 0 Å². The molecule has 4 heteroatoms. The monoisotopic (exact) mass is 242 g/mol. The van der Waals surface area contributed by atoms with E-state index in [1.165, 1.54) is 25.7 Å². The Morgan fingerprint density at radius 2 is 2.00 bits per heavy atom. The van der Waals surface area contributed by atoms with E-state index in [1.54, 1.807) is 0 Å². The molecule has 1 aliphatic rings. The van der Waals surface area contributed by atoms with E-state index in [2.05, 4.69) is 5.32 Å². The number of hydrogen-bond donors (Lipinski definition) is 2. The van der Waals surface area contributed by atoms with Crippen LogP contribution in [0.3, 0.4) is 0 Å². The van der Waals surface area contributed by atoms with Crippen LogP contribution in [0.25, 0.3) is 0 Å². The molecule has 100 valence electrons. The molecule has 0 bridgehead atoms. The van der Waals surface area contributed by atoms with Crippen LogP contribution in [-0.4, -0.2) is 31.7 Å². The molecule has 0 atom stereocenters. The number of unbranched alkanes of at least 4 members (excludes halogenated alkanes) is 2. The largest absolute Gasteiger partial charge is 0.376 e. The number of carbonyl (C=O) groups is 1. The second kappa shape index (κ2) is 9.42. The number of carbonyl (C=O) groups excluding carboxylic acids is 1. The molecule has 1 aliphatic carbocycles. The van der Waals surface area contributed by atoms with Crippen LogP contribution < -0.4 is 11.1 Å². The molecular weight excluding hydrogens is 216 g/mol. The van der Waals surface area contributed by atoms with Crippen LogP contribution in [0.15, 0.2) is 0 Å². The third-order valence-corrected chi connectivity index (χ3v) is 3.19. The molecule has 1 saturated carbocycles. The summed E-state index contributed by atoms with van der Waals surface area (Å²) in [4.78, 5) is 11.4. The van der Waals surface area contributed by atoms with Crippen LogP contribution in [-0.2, 0) is 9.53 Å². The van der Waals surface area contributed by atoms with Crippen LogP contribution >= 0.6 is 0 Å². The molecule has 0 unspecified atom stereocenters. The third-order valence-electron chi connectivity index (χ3n) is 3.19. The first-order valence-electron chi connectivity index (χ1n) is 6.91. The average Bonchev–Trinajstić information content (AvgIpc) is 2.83. The van der Waals surface area contributed by atoms with Crippen molar-refractivity contribution in [2.45, 2.75) is 57.5 Å². The summed E-state index contributed by atoms with van der Waals surface area (Å²) in [6, 6.07) is 0. The van der Waals surface area contributed by atoms with Crippen molar-refractivity contribution in [3.8, 4) is 0 Å². The van der Waals surface area contributed by atoms with Gasteiger partial charge in [0.15, 0.2) is 0 Å². The van der Waals surface area contributed by atoms with E-state index in [9.17, 15) is 4.79 Å². The smallest absolute Gasteiger partial charge is 0.220 e. The van der Waals surface area contributed by atoms with Gasteiger partial charge < -0.3 is 15.8 Å². The van der Waals surface area contributed by atoms with Crippen molar-refractivity contribution < 1.29 is 9.53 Å². The molecule has 0 radical (unpaired) electrons. The van der Waals surface area contributed by atoms with Crippen molar-refractivity contribution >= 4 is 5.91 Å². The van der Waals surface area contributed by atoms with Gasteiger partial charge in [-0.1, -0.05) is 19.3 Å². The van der Waals surface area contributed by atoms with Gasteiger partial charge in [0.05, 0.1) is 12.7 Å². The maximum absolute atomic E-state index is 11.4. The molecule has 0 saturated heterocycles. The highest BCUT2D eigenvalue weighted by Gasteiger charge is 2.14. The van der Waals surface area contributed by atoms with E-state index >= 15 is 0 Å². The predicted molar refractivity (Wildman–Crippen MR) is 68.7 cm³/mol. The Kier molecular flexibility index (Phi) is 8.01. The van der Waals surface area contributed by atoms with Crippen molar-refractivity contribution in [2.75, 3.05) is 19.7 Å². The fraction of sp³-hybridized carbons (Fsp3) is 0.923. The summed E-state index contributed by atoms with van der Waals surface area (Å²) in [7, 11) is 0. The van der Waals surface area contributed by atoms with Crippen molar-refractivity contribution in [3.63, 3.8) is 0 Å². The number of rotatable bonds is 9. The van der Waals surface area contributed by atoms with Crippen molar-refractivity contribution in [3.05, 3.63) is 0 Å². The molecule has 0 heterocycles. The highest BCUT2D eigenvalue weighted by atomic mass is 16.5. The van der Waals surface area contributed by atoms with E-state index in [0.717, 1.165) is 25.8 Å². The summed E-state index contributed by atoms with van der Waals surface area (Å²) in [6.45, 7) is 2.02. The molecule has 17 heavy (non-hydrogen) atoms. The van der Waals surface area contributed by atoms with Gasteiger partial charge in [0, 0.05) is 13.0 Å². The van der Waals surface area contributed by atoms with Crippen LogP contribution in [0.2, 0.25) is 0 Å². The van der Waals surface area contributed by atoms with Gasteiger partial charge in [-0.15, -0.1) is 0 Å². The summed E-state index contributed by atoms with van der Waals surface area (Å²) < 4.78 is 5.67. The van der Waals surface area contributed by atoms with E-state index in [1.807, 2.05) is 0 Å². The third kappa shape index (κ3) is 7.34. The maximum atomic E-state index is 11.4. The molecule has 1 fully saturated rings. The Bertz CT molecular complexity index is 204. The lowest BCUT2D eigenvalue weighted by molar-refractivity contribution is -0.121. The van der Waals surface area contributed by atoms with Gasteiger partial charge in [-0.25, -0.2) is 0 Å². The van der Waals surface area contributed by atoms with Gasteiger partial charge in [-0.3, -0.25) is 4.79 Å². The highest BCUT2D eigenvalue weighted by Crippen LogP contribution is 2.20. The molecule has 4 nitrogen and oxygen atoms in total. The summed E-state index contributed by atoms with van der Waals surface area (Å²) >= 11 is 0. The van der Waals surface area contributed by atoms with E-state index in [0.29, 0.717) is 25.7 Å². The minimum atomic E-state index is 0.136. The first-order chi connectivity index (χ1) is 8.33. The second-order valence-electron chi connectivity index (χ2n) is 4.73. The van der Waals surface area contributed by atoms with Crippen LogP contribution in [0.1, 0.15) is 51.4 Å². The standard InChI is InChI=1S/C13H26N2O2/c14-9-5-1-2-8-13(16)15-10-11-17-12-6-3-4-7-12/h12H,1-11,14H2,(H,15,16). The van der Waals surface area contributed by atoms with Gasteiger partial charge in [-0.2, -0.15) is 0 Å². The highest BCUT2D eigenvalue weighted by molar-refractivity contribution is 5.75. The van der Waals surface area contributed by atoms with Crippen molar-refractivity contribution in [1.82, 2.24) is 5.32 Å². The SMILES string of the molecule is NCCCCCC(=O)NCCOC1CCCC1. The lowest BCUT2D eigenvalue weighted by atomic mass is 10.2. The van der Waals surface area contributed by atoms with Crippen molar-refractivity contribution in [2.24, 2.45) is 5.73 Å². The second-order valence-corrected chi connectivity index (χ2v) is 4.73. The topological polar surface area (TPSA) is 64.4 Å². The average molecular weight is 242 g/mol. The van der Waals surface area contributed by atoms with Gasteiger partial charge in [0.1, 0.15) is 0 Å². The minimum Gasteiger partial charge on any atom is -0.376 e. The fourth-order valence-electron chi connectivity index (χ4n) is 2.17. The Morgan fingerprint density at radius 3 is 2.71 bits per heavy atom. The Labute approximate surface area is 104 Å². The number of nitrogens with two attached hydrogens (primary N) is 1. The molecular formula is C13H26N2O2. The van der Waals surface area contributed by atoms with Gasteiger partial charge in [-0.05, 0) is 32.2 Å². The predicted octanol–water partition coefficient (Wildman–Crippen LogP) is 1.58. The summed E-state index contributed by atoms with van der Waals surface area (Å²) in [5.41, 5.74) is 5.39. The quantitative estimate of drug-likeness (QED) is 0.603. The molecule has 1 amide bonds. The first-order valence-corrected chi connectivity index (χ1v) is 6.91. The summed E-state index contributed by atoms with van der Waals surface area (Å²) in [5.74, 6) is 0.136. The maximum Gasteiger partial charge on any atom is 0.220 e. The summed E-state index contributed by atoms with van der Waals surface area (Å²) in [5, 5.41) is 2.89. The first kappa shape index (κ1) is 14.5. The van der Waals surface area contributed by atoms with Crippen LogP contribution in [0.5, 0.6) is 0 Å². The van der Waals surface area contributed by atoms with E-state index < -0.39 is 0 Å². The molecule has 0 aliphatic heterocycles. The molecule has 0 aromatic rings. The lowest BCUT2D eigenvalue weighted by Gasteiger charge is -2.11. The molecule has 0 aromatic carbocycles. The minimum absolute atomic E-state index is 0.136. The molecule has 1 rings (SSSR count). The Morgan fingerprint density at radius 1 is 1.24 bits per heavy atom. The van der Waals surface area contributed by atoms with Gasteiger partial charge in [0.25, 0.3) is 0 Å². The molecule has 0 aromatic heterocycles. The summed E-state index contributed by atoms with van der Waals surface area (Å²) in [6.07, 6.45) is 9.00.